The minimum absolute atomic E-state index is 0.587. The van der Waals surface area contributed by atoms with Gasteiger partial charge in [0.25, 0.3) is 0 Å². The highest BCUT2D eigenvalue weighted by Crippen LogP contribution is 2.21. The van der Waals surface area contributed by atoms with Crippen molar-refractivity contribution in [2.75, 3.05) is 12.4 Å². The Kier molecular flexibility index (Phi) is 3.96. The van der Waals surface area contributed by atoms with Crippen LogP contribution in [-0.2, 0) is 12.8 Å². The first-order valence-corrected chi connectivity index (χ1v) is 6.77. The molecule has 0 aromatic carbocycles. The molecule has 0 saturated carbocycles. The van der Waals surface area contributed by atoms with E-state index in [0.29, 0.717) is 5.95 Å². The normalized spacial score (nSPS) is 10.7. The molecule has 6 heteroatoms. The molecular formula is C12H16BrN5. The summed E-state index contributed by atoms with van der Waals surface area (Å²) >= 11 is 3.48. The first-order valence-electron chi connectivity index (χ1n) is 5.98. The summed E-state index contributed by atoms with van der Waals surface area (Å²) < 4.78 is 2.72. The standard InChI is InChI=1S/C12H16BrN5/c1-4-8-6-9(5-2)18(17-8)11-10(13)7-15-12(14-3)16-11/h6-7H,4-5H2,1-3H3,(H,14,15,16). The van der Waals surface area contributed by atoms with Crippen LogP contribution in [0.2, 0.25) is 0 Å². The largest absolute Gasteiger partial charge is 0.357 e. The summed E-state index contributed by atoms with van der Waals surface area (Å²) in [6, 6.07) is 2.12. The van der Waals surface area contributed by atoms with Gasteiger partial charge in [-0.15, -0.1) is 0 Å². The molecule has 0 atom stereocenters. The molecular weight excluding hydrogens is 294 g/mol. The Bertz CT molecular complexity index is 549. The highest BCUT2D eigenvalue weighted by atomic mass is 79.9. The van der Waals surface area contributed by atoms with Gasteiger partial charge in [0, 0.05) is 18.9 Å². The number of aryl methyl sites for hydroxylation is 2. The lowest BCUT2D eigenvalue weighted by molar-refractivity contribution is 0.765. The van der Waals surface area contributed by atoms with E-state index in [4.69, 9.17) is 0 Å². The van der Waals surface area contributed by atoms with Crippen LogP contribution in [0.3, 0.4) is 0 Å². The lowest BCUT2D eigenvalue weighted by atomic mass is 10.2. The Labute approximate surface area is 115 Å². The first-order chi connectivity index (χ1) is 8.69. The van der Waals surface area contributed by atoms with Crippen molar-refractivity contribution >= 4 is 21.9 Å². The van der Waals surface area contributed by atoms with Crippen LogP contribution >= 0.6 is 15.9 Å². The number of halogens is 1. The fraction of sp³-hybridized carbons (Fsp3) is 0.417. The summed E-state index contributed by atoms with van der Waals surface area (Å²) in [5, 5.41) is 7.51. The van der Waals surface area contributed by atoms with Crippen LogP contribution in [0.4, 0.5) is 5.95 Å². The fourth-order valence-corrected chi connectivity index (χ4v) is 2.07. The van der Waals surface area contributed by atoms with Gasteiger partial charge in [0.1, 0.15) is 0 Å². The molecule has 0 fully saturated rings. The maximum Gasteiger partial charge on any atom is 0.224 e. The Morgan fingerprint density at radius 3 is 2.72 bits per heavy atom. The van der Waals surface area contributed by atoms with E-state index in [0.717, 1.165) is 34.5 Å². The third-order valence-corrected chi connectivity index (χ3v) is 3.27. The van der Waals surface area contributed by atoms with Crippen molar-refractivity contribution in [2.45, 2.75) is 26.7 Å². The molecule has 1 N–H and O–H groups in total. The smallest absolute Gasteiger partial charge is 0.224 e. The molecule has 2 heterocycles. The van der Waals surface area contributed by atoms with Gasteiger partial charge in [0.15, 0.2) is 5.82 Å². The van der Waals surface area contributed by atoms with Gasteiger partial charge in [-0.3, -0.25) is 0 Å². The Hall–Kier alpha value is -1.43. The van der Waals surface area contributed by atoms with Gasteiger partial charge < -0.3 is 5.32 Å². The molecule has 0 radical (unpaired) electrons. The Balaban J connectivity index is 2.56. The van der Waals surface area contributed by atoms with Gasteiger partial charge in [0.2, 0.25) is 5.95 Å². The summed E-state index contributed by atoms with van der Waals surface area (Å²) in [5.74, 6) is 1.36. The summed E-state index contributed by atoms with van der Waals surface area (Å²) in [6.45, 7) is 4.21. The SMILES string of the molecule is CCc1cc(CC)n(-c2nc(NC)ncc2Br)n1. The van der Waals surface area contributed by atoms with Crippen molar-refractivity contribution in [3.63, 3.8) is 0 Å². The molecule has 0 aliphatic heterocycles. The summed E-state index contributed by atoms with van der Waals surface area (Å²) in [7, 11) is 1.80. The maximum absolute atomic E-state index is 4.57. The molecule has 18 heavy (non-hydrogen) atoms. The van der Waals surface area contributed by atoms with E-state index < -0.39 is 0 Å². The minimum Gasteiger partial charge on any atom is -0.357 e. The number of rotatable bonds is 4. The number of hydrogen-bond donors (Lipinski definition) is 1. The van der Waals surface area contributed by atoms with Crippen LogP contribution in [0, 0.1) is 0 Å². The molecule has 2 aromatic rings. The number of anilines is 1. The van der Waals surface area contributed by atoms with Crippen LogP contribution in [0.25, 0.3) is 5.82 Å². The molecule has 0 aliphatic rings. The monoisotopic (exact) mass is 309 g/mol. The lowest BCUT2D eigenvalue weighted by Crippen LogP contribution is -2.08. The zero-order valence-electron chi connectivity index (χ0n) is 10.7. The minimum atomic E-state index is 0.587. The van der Waals surface area contributed by atoms with Gasteiger partial charge in [-0.05, 0) is 34.8 Å². The highest BCUT2D eigenvalue weighted by Gasteiger charge is 2.12. The van der Waals surface area contributed by atoms with Crippen molar-refractivity contribution < 1.29 is 0 Å². The van der Waals surface area contributed by atoms with E-state index in [9.17, 15) is 0 Å². The van der Waals surface area contributed by atoms with Crippen LogP contribution < -0.4 is 5.32 Å². The molecule has 0 bridgehead atoms. The van der Waals surface area contributed by atoms with E-state index >= 15 is 0 Å². The van der Waals surface area contributed by atoms with E-state index in [1.807, 2.05) is 4.68 Å². The Morgan fingerprint density at radius 2 is 2.11 bits per heavy atom. The summed E-state index contributed by atoms with van der Waals surface area (Å²) in [5.41, 5.74) is 2.22. The quantitative estimate of drug-likeness (QED) is 0.943. The van der Waals surface area contributed by atoms with Gasteiger partial charge in [-0.2, -0.15) is 10.1 Å². The third kappa shape index (κ3) is 2.38. The molecule has 96 valence electrons. The lowest BCUT2D eigenvalue weighted by Gasteiger charge is -2.08. The van der Waals surface area contributed by atoms with E-state index in [-0.39, 0.29) is 0 Å². The van der Waals surface area contributed by atoms with Gasteiger partial charge in [-0.1, -0.05) is 13.8 Å². The van der Waals surface area contributed by atoms with Crippen LogP contribution in [0.15, 0.2) is 16.7 Å². The molecule has 2 rings (SSSR count). The second kappa shape index (κ2) is 5.48. The van der Waals surface area contributed by atoms with Crippen LogP contribution in [0.5, 0.6) is 0 Å². The Morgan fingerprint density at radius 1 is 1.33 bits per heavy atom. The van der Waals surface area contributed by atoms with Gasteiger partial charge in [-0.25, -0.2) is 9.67 Å². The molecule has 0 amide bonds. The molecule has 5 nitrogen and oxygen atoms in total. The van der Waals surface area contributed by atoms with E-state index in [1.54, 1.807) is 13.2 Å². The van der Waals surface area contributed by atoms with E-state index in [2.05, 4.69) is 56.2 Å². The zero-order chi connectivity index (χ0) is 13.1. The second-order valence-electron chi connectivity index (χ2n) is 3.86. The number of hydrogen-bond acceptors (Lipinski definition) is 4. The van der Waals surface area contributed by atoms with Crippen molar-refractivity contribution in [3.8, 4) is 5.82 Å². The molecule has 2 aromatic heterocycles. The van der Waals surface area contributed by atoms with Crippen molar-refractivity contribution in [1.82, 2.24) is 19.7 Å². The molecule has 0 aliphatic carbocycles. The predicted octanol–water partition coefficient (Wildman–Crippen LogP) is 2.59. The molecule has 0 unspecified atom stereocenters. The second-order valence-corrected chi connectivity index (χ2v) is 4.72. The average molecular weight is 310 g/mol. The molecule has 0 spiro atoms. The van der Waals surface area contributed by atoms with Gasteiger partial charge in [0.05, 0.1) is 10.2 Å². The summed E-state index contributed by atoms with van der Waals surface area (Å²) in [6.07, 6.45) is 3.57. The van der Waals surface area contributed by atoms with Gasteiger partial charge >= 0.3 is 0 Å². The van der Waals surface area contributed by atoms with Crippen molar-refractivity contribution in [3.05, 3.63) is 28.1 Å². The third-order valence-electron chi connectivity index (χ3n) is 2.71. The van der Waals surface area contributed by atoms with Crippen LogP contribution in [-0.4, -0.2) is 26.8 Å². The topological polar surface area (TPSA) is 55.6 Å². The van der Waals surface area contributed by atoms with Crippen molar-refractivity contribution in [2.24, 2.45) is 0 Å². The predicted molar refractivity (Wildman–Crippen MR) is 75.2 cm³/mol. The number of nitrogens with one attached hydrogen (secondary N) is 1. The zero-order valence-corrected chi connectivity index (χ0v) is 12.3. The fourth-order valence-electron chi connectivity index (χ4n) is 1.71. The number of aromatic nitrogens is 4. The average Bonchev–Trinajstić information content (AvgIpc) is 2.82. The first kappa shape index (κ1) is 13.0. The van der Waals surface area contributed by atoms with Crippen molar-refractivity contribution in [1.29, 1.82) is 0 Å². The maximum atomic E-state index is 4.57. The summed E-state index contributed by atoms with van der Waals surface area (Å²) in [4.78, 5) is 8.60. The highest BCUT2D eigenvalue weighted by molar-refractivity contribution is 9.10. The van der Waals surface area contributed by atoms with Crippen LogP contribution in [0.1, 0.15) is 25.2 Å². The number of nitrogens with zero attached hydrogens (tertiary/aromatic N) is 4. The molecule has 0 saturated heterocycles. The van der Waals surface area contributed by atoms with E-state index in [1.165, 1.54) is 0 Å².